The third kappa shape index (κ3) is 5.03. The summed E-state index contributed by atoms with van der Waals surface area (Å²) >= 11 is 12.4. The molecule has 9 heteroatoms. The van der Waals surface area contributed by atoms with Crippen LogP contribution in [0.15, 0.2) is 54.6 Å². The number of halogens is 2. The van der Waals surface area contributed by atoms with Crippen LogP contribution in [0.1, 0.15) is 44.2 Å². The predicted octanol–water partition coefficient (Wildman–Crippen LogP) is 5.57. The second-order valence-corrected chi connectivity index (χ2v) is 13.3. The van der Waals surface area contributed by atoms with Crippen molar-refractivity contribution < 1.29 is 19.1 Å². The van der Waals surface area contributed by atoms with Crippen molar-refractivity contribution in [1.82, 2.24) is 10.2 Å². The van der Waals surface area contributed by atoms with Gasteiger partial charge >= 0.3 is 0 Å². The number of hydrogen-bond acceptors (Lipinski definition) is 4. The monoisotopic (exact) mass is 609 g/mol. The SMILES string of the molecule is Cc1ccc(NC(=O)C2[C@@H]3C=CC4(O3)C(C(=O)NC3CCCC(C)C3C)N(CCc3ccc(Cl)cc3)C(=O)[C@H]24)cc1Cl. The number of likely N-dealkylation sites (tertiary alicyclic amines) is 1. The van der Waals surface area contributed by atoms with Gasteiger partial charge in [0.15, 0.2) is 0 Å². The number of benzene rings is 2. The van der Waals surface area contributed by atoms with Gasteiger partial charge in [-0.05, 0) is 67.0 Å². The zero-order valence-corrected chi connectivity index (χ0v) is 25.6. The van der Waals surface area contributed by atoms with Crippen molar-refractivity contribution in [3.05, 3.63) is 75.8 Å². The Morgan fingerprint density at radius 1 is 1.07 bits per heavy atom. The molecule has 2 bridgehead atoms. The van der Waals surface area contributed by atoms with E-state index in [0.29, 0.717) is 40.5 Å². The van der Waals surface area contributed by atoms with Crippen molar-refractivity contribution in [3.8, 4) is 0 Å². The molecule has 222 valence electrons. The fourth-order valence-corrected chi connectivity index (χ4v) is 7.66. The van der Waals surface area contributed by atoms with Gasteiger partial charge in [-0.1, -0.05) is 80.2 Å². The number of fused-ring (bicyclic) bond motifs is 1. The van der Waals surface area contributed by atoms with Crippen LogP contribution >= 0.6 is 23.2 Å². The Kier molecular flexibility index (Phi) is 7.88. The van der Waals surface area contributed by atoms with E-state index in [-0.39, 0.29) is 23.8 Å². The Balaban J connectivity index is 1.30. The number of carbonyl (C=O) groups excluding carboxylic acids is 3. The molecule has 2 N–H and O–H groups in total. The van der Waals surface area contributed by atoms with E-state index in [1.165, 1.54) is 0 Å². The molecule has 1 saturated carbocycles. The fraction of sp³-hybridized carbons (Fsp3) is 0.485. The van der Waals surface area contributed by atoms with Gasteiger partial charge in [0.05, 0.1) is 17.9 Å². The molecule has 7 nitrogen and oxygen atoms in total. The molecule has 3 heterocycles. The zero-order valence-electron chi connectivity index (χ0n) is 24.1. The number of hydrogen-bond donors (Lipinski definition) is 2. The lowest BCUT2D eigenvalue weighted by Crippen LogP contribution is -2.58. The molecule has 8 atom stereocenters. The second kappa shape index (κ2) is 11.3. The van der Waals surface area contributed by atoms with Gasteiger partial charge in [0.2, 0.25) is 17.7 Å². The molecule has 2 aromatic rings. The third-order valence-electron chi connectivity index (χ3n) is 9.95. The Labute approximate surface area is 257 Å². The molecule has 2 aromatic carbocycles. The van der Waals surface area contributed by atoms with Gasteiger partial charge in [-0.25, -0.2) is 0 Å². The highest BCUT2D eigenvalue weighted by atomic mass is 35.5. The van der Waals surface area contributed by atoms with E-state index in [1.807, 2.05) is 49.4 Å². The second-order valence-electron chi connectivity index (χ2n) is 12.4. The van der Waals surface area contributed by atoms with Gasteiger partial charge in [0, 0.05) is 28.3 Å². The lowest BCUT2D eigenvalue weighted by Gasteiger charge is -2.38. The minimum atomic E-state index is -1.21. The van der Waals surface area contributed by atoms with Crippen LogP contribution < -0.4 is 10.6 Å². The number of rotatable bonds is 7. The van der Waals surface area contributed by atoms with Crippen molar-refractivity contribution in [2.45, 2.75) is 70.2 Å². The summed E-state index contributed by atoms with van der Waals surface area (Å²) in [5, 5.41) is 7.43. The predicted molar refractivity (Wildman–Crippen MR) is 163 cm³/mol. The maximum atomic E-state index is 14.2. The van der Waals surface area contributed by atoms with Gasteiger partial charge in [-0.2, -0.15) is 0 Å². The number of carbonyl (C=O) groups is 3. The molecule has 0 radical (unpaired) electrons. The Hall–Kier alpha value is -2.87. The molecule has 3 aliphatic heterocycles. The van der Waals surface area contributed by atoms with Gasteiger partial charge in [-0.15, -0.1) is 0 Å². The summed E-state index contributed by atoms with van der Waals surface area (Å²) in [6, 6.07) is 12.0. The molecule has 3 fully saturated rings. The van der Waals surface area contributed by atoms with Gasteiger partial charge in [0.1, 0.15) is 11.6 Å². The van der Waals surface area contributed by atoms with E-state index >= 15 is 0 Å². The first-order valence-corrected chi connectivity index (χ1v) is 15.6. The smallest absolute Gasteiger partial charge is 0.246 e. The number of anilines is 1. The summed E-state index contributed by atoms with van der Waals surface area (Å²) in [6.07, 6.45) is 6.74. The van der Waals surface area contributed by atoms with Gasteiger partial charge in [0.25, 0.3) is 0 Å². The first-order chi connectivity index (χ1) is 20.1. The quantitative estimate of drug-likeness (QED) is 0.401. The van der Waals surface area contributed by atoms with E-state index < -0.39 is 29.6 Å². The van der Waals surface area contributed by atoms with Crippen molar-refractivity contribution in [3.63, 3.8) is 0 Å². The summed E-state index contributed by atoms with van der Waals surface area (Å²) in [5.41, 5.74) is 1.25. The van der Waals surface area contributed by atoms with E-state index in [4.69, 9.17) is 27.9 Å². The topological polar surface area (TPSA) is 87.7 Å². The van der Waals surface area contributed by atoms with Gasteiger partial charge < -0.3 is 20.3 Å². The molecule has 2 saturated heterocycles. The Bertz CT molecular complexity index is 1430. The Morgan fingerprint density at radius 3 is 2.57 bits per heavy atom. The molecule has 1 spiro atoms. The minimum Gasteiger partial charge on any atom is -0.359 e. The molecule has 6 unspecified atom stereocenters. The fourth-order valence-electron chi connectivity index (χ4n) is 7.35. The summed E-state index contributed by atoms with van der Waals surface area (Å²) < 4.78 is 6.50. The van der Waals surface area contributed by atoms with E-state index in [0.717, 1.165) is 30.4 Å². The van der Waals surface area contributed by atoms with Crippen molar-refractivity contribution in [2.75, 3.05) is 11.9 Å². The molecular formula is C33H37Cl2N3O4. The highest BCUT2D eigenvalue weighted by molar-refractivity contribution is 6.31. The van der Waals surface area contributed by atoms with Crippen LogP contribution in [0.4, 0.5) is 5.69 Å². The van der Waals surface area contributed by atoms with Crippen LogP contribution in [0.25, 0.3) is 0 Å². The normalized spacial score (nSPS) is 33.1. The van der Waals surface area contributed by atoms with Crippen LogP contribution in [0, 0.1) is 30.6 Å². The number of ether oxygens (including phenoxy) is 1. The number of nitrogens with one attached hydrogen (secondary N) is 2. The number of amides is 3. The van der Waals surface area contributed by atoms with Crippen molar-refractivity contribution >= 4 is 46.6 Å². The number of nitrogens with zero attached hydrogens (tertiary/aromatic N) is 1. The lowest BCUT2D eigenvalue weighted by atomic mass is 9.73. The van der Waals surface area contributed by atoms with Crippen LogP contribution in [0.2, 0.25) is 10.0 Å². The van der Waals surface area contributed by atoms with Crippen molar-refractivity contribution in [1.29, 1.82) is 0 Å². The molecule has 0 aromatic heterocycles. The summed E-state index contributed by atoms with van der Waals surface area (Å²) in [5.74, 6) is -1.52. The molecule has 3 amide bonds. The van der Waals surface area contributed by atoms with Crippen molar-refractivity contribution in [2.24, 2.45) is 23.7 Å². The summed E-state index contributed by atoms with van der Waals surface area (Å²) in [7, 11) is 0. The molecule has 42 heavy (non-hydrogen) atoms. The summed E-state index contributed by atoms with van der Waals surface area (Å²) in [6.45, 7) is 6.62. The average molecular weight is 611 g/mol. The van der Waals surface area contributed by atoms with Crippen LogP contribution in [0.5, 0.6) is 0 Å². The largest absolute Gasteiger partial charge is 0.359 e. The standard InChI is InChI=1S/C33H37Cl2N3O4/c1-18-5-4-6-25(20(18)3)37-31(40)29-33-15-13-26(42-33)27(30(39)36-23-12-7-19(2)24(35)17-23)28(33)32(41)38(29)16-14-21-8-10-22(34)11-9-21/h7-13,15,17-18,20,25-29H,4-6,14,16H2,1-3H3,(H,36,39)(H,37,40)/t18?,20?,25?,26-,27?,28-,29?,33?/m0/s1. The molecule has 6 rings (SSSR count). The van der Waals surface area contributed by atoms with E-state index in [2.05, 4.69) is 24.5 Å². The molecule has 1 aliphatic carbocycles. The third-order valence-corrected chi connectivity index (χ3v) is 10.6. The minimum absolute atomic E-state index is 0.0258. The van der Waals surface area contributed by atoms with Gasteiger partial charge in [-0.3, -0.25) is 14.4 Å². The molecule has 4 aliphatic rings. The lowest BCUT2D eigenvalue weighted by molar-refractivity contribution is -0.141. The van der Waals surface area contributed by atoms with Crippen LogP contribution in [-0.2, 0) is 25.5 Å². The Morgan fingerprint density at radius 2 is 1.83 bits per heavy atom. The maximum absolute atomic E-state index is 14.2. The van der Waals surface area contributed by atoms with Crippen LogP contribution in [0.3, 0.4) is 0 Å². The zero-order chi connectivity index (χ0) is 29.8. The molecular weight excluding hydrogens is 573 g/mol. The van der Waals surface area contributed by atoms with Crippen LogP contribution in [-0.4, -0.2) is 53.0 Å². The number of aryl methyl sites for hydroxylation is 1. The maximum Gasteiger partial charge on any atom is 0.246 e. The average Bonchev–Trinajstić information content (AvgIpc) is 3.60. The summed E-state index contributed by atoms with van der Waals surface area (Å²) in [4.78, 5) is 43.8. The first-order valence-electron chi connectivity index (χ1n) is 14.9. The first kappa shape index (κ1) is 29.2. The highest BCUT2D eigenvalue weighted by Gasteiger charge is 2.72. The highest BCUT2D eigenvalue weighted by Crippen LogP contribution is 2.55. The van der Waals surface area contributed by atoms with E-state index in [9.17, 15) is 14.4 Å². The van der Waals surface area contributed by atoms with E-state index in [1.54, 1.807) is 17.0 Å².